The highest BCUT2D eigenvalue weighted by Gasteiger charge is 2.06. The lowest BCUT2D eigenvalue weighted by Gasteiger charge is -2.17. The monoisotopic (exact) mass is 250 g/mol. The molecule has 0 spiro atoms. The lowest BCUT2D eigenvalue weighted by Crippen LogP contribution is -2.28. The summed E-state index contributed by atoms with van der Waals surface area (Å²) in [6, 6.07) is 7.28. The molecule has 0 bridgehead atoms. The van der Waals surface area contributed by atoms with Crippen LogP contribution in [0.25, 0.3) is 0 Å². The van der Waals surface area contributed by atoms with Crippen LogP contribution in [0, 0.1) is 0 Å². The predicted molar refractivity (Wildman–Crippen MR) is 73.3 cm³/mol. The van der Waals surface area contributed by atoms with Gasteiger partial charge < -0.3 is 15.4 Å². The number of hydrogen-bond donors (Lipinski definition) is 1. The minimum atomic E-state index is -0.188. The van der Waals surface area contributed by atoms with Crippen molar-refractivity contribution in [2.45, 2.75) is 20.3 Å². The van der Waals surface area contributed by atoms with Gasteiger partial charge in [-0.15, -0.1) is 0 Å². The molecule has 2 N–H and O–H groups in total. The maximum Gasteiger partial charge on any atom is 0.310 e. The van der Waals surface area contributed by atoms with Gasteiger partial charge in [0.15, 0.2) is 0 Å². The van der Waals surface area contributed by atoms with Crippen molar-refractivity contribution in [3.63, 3.8) is 0 Å². The molecule has 0 saturated heterocycles. The molecular formula is C14H22N2O2. The molecule has 0 atom stereocenters. The maximum atomic E-state index is 11.6. The summed E-state index contributed by atoms with van der Waals surface area (Å²) in [5, 5.41) is 0. The van der Waals surface area contributed by atoms with Gasteiger partial charge in [-0.05, 0) is 30.8 Å². The van der Waals surface area contributed by atoms with Crippen molar-refractivity contribution < 1.29 is 9.53 Å². The molecular weight excluding hydrogens is 228 g/mol. The first kappa shape index (κ1) is 14.5. The van der Waals surface area contributed by atoms with Crippen LogP contribution in [-0.2, 0) is 16.0 Å². The van der Waals surface area contributed by atoms with Crippen LogP contribution >= 0.6 is 0 Å². The molecule has 0 aliphatic heterocycles. The number of carbonyl (C=O) groups excluding carboxylic acids is 1. The molecule has 1 aromatic carbocycles. The first-order valence-corrected chi connectivity index (χ1v) is 6.38. The van der Waals surface area contributed by atoms with Gasteiger partial charge in [-0.1, -0.05) is 26.0 Å². The third-order valence-electron chi connectivity index (χ3n) is 2.89. The molecule has 0 fully saturated rings. The van der Waals surface area contributed by atoms with E-state index in [1.54, 1.807) is 12.1 Å². The molecule has 0 aromatic heterocycles. The number of anilines is 1. The standard InChI is InChI=1S/C14H22N2O2/c1-3-16(4-2)9-10-18-14(17)11-12-5-7-13(15)8-6-12/h5-8H,3-4,9-11,15H2,1-2H3. The normalized spacial score (nSPS) is 10.6. The second-order valence-corrected chi connectivity index (χ2v) is 4.17. The average Bonchev–Trinajstić information content (AvgIpc) is 2.37. The van der Waals surface area contributed by atoms with E-state index in [4.69, 9.17) is 10.5 Å². The summed E-state index contributed by atoms with van der Waals surface area (Å²) >= 11 is 0. The van der Waals surface area contributed by atoms with Crippen molar-refractivity contribution in [2.75, 3.05) is 32.0 Å². The molecule has 0 aliphatic carbocycles. The molecule has 0 radical (unpaired) electrons. The van der Waals surface area contributed by atoms with Gasteiger partial charge in [0.25, 0.3) is 0 Å². The van der Waals surface area contributed by atoms with Gasteiger partial charge in [0.2, 0.25) is 0 Å². The molecule has 0 aliphatic rings. The molecule has 18 heavy (non-hydrogen) atoms. The van der Waals surface area contributed by atoms with Crippen LogP contribution < -0.4 is 5.73 Å². The van der Waals surface area contributed by atoms with Crippen LogP contribution in [0.2, 0.25) is 0 Å². The maximum absolute atomic E-state index is 11.6. The molecule has 4 nitrogen and oxygen atoms in total. The van der Waals surface area contributed by atoms with Gasteiger partial charge in [-0.3, -0.25) is 4.79 Å². The summed E-state index contributed by atoms with van der Waals surface area (Å²) in [4.78, 5) is 13.8. The van der Waals surface area contributed by atoms with E-state index in [1.807, 2.05) is 12.1 Å². The van der Waals surface area contributed by atoms with Crippen LogP contribution in [-0.4, -0.2) is 37.1 Å². The number of carbonyl (C=O) groups is 1. The Bertz CT molecular complexity index is 359. The van der Waals surface area contributed by atoms with E-state index in [2.05, 4.69) is 18.7 Å². The molecule has 0 amide bonds. The number of likely N-dealkylation sites (N-methyl/N-ethyl adjacent to an activating group) is 1. The zero-order chi connectivity index (χ0) is 13.4. The molecule has 1 rings (SSSR count). The van der Waals surface area contributed by atoms with Crippen molar-refractivity contribution >= 4 is 11.7 Å². The number of esters is 1. The predicted octanol–water partition coefficient (Wildman–Crippen LogP) is 1.70. The smallest absolute Gasteiger partial charge is 0.310 e. The Balaban J connectivity index is 2.27. The van der Waals surface area contributed by atoms with Crippen molar-refractivity contribution in [1.82, 2.24) is 4.90 Å². The third-order valence-corrected chi connectivity index (χ3v) is 2.89. The Kier molecular flexibility index (Phi) is 6.22. The fraction of sp³-hybridized carbons (Fsp3) is 0.500. The molecule has 0 heterocycles. The Morgan fingerprint density at radius 2 is 1.83 bits per heavy atom. The molecule has 100 valence electrons. The van der Waals surface area contributed by atoms with E-state index in [-0.39, 0.29) is 5.97 Å². The highest BCUT2D eigenvalue weighted by molar-refractivity contribution is 5.72. The number of ether oxygens (including phenoxy) is 1. The van der Waals surface area contributed by atoms with Gasteiger partial charge in [0.1, 0.15) is 6.61 Å². The number of rotatable bonds is 7. The summed E-state index contributed by atoms with van der Waals surface area (Å²) in [5.41, 5.74) is 7.21. The summed E-state index contributed by atoms with van der Waals surface area (Å²) in [6.45, 7) is 7.40. The van der Waals surface area contributed by atoms with Crippen molar-refractivity contribution in [3.8, 4) is 0 Å². The fourth-order valence-corrected chi connectivity index (χ4v) is 1.68. The summed E-state index contributed by atoms with van der Waals surface area (Å²) in [6.07, 6.45) is 0.304. The summed E-state index contributed by atoms with van der Waals surface area (Å²) < 4.78 is 5.20. The summed E-state index contributed by atoms with van der Waals surface area (Å²) in [7, 11) is 0. The lowest BCUT2D eigenvalue weighted by molar-refractivity contribution is -0.143. The summed E-state index contributed by atoms with van der Waals surface area (Å²) in [5.74, 6) is -0.188. The quantitative estimate of drug-likeness (QED) is 0.591. The van der Waals surface area contributed by atoms with Gasteiger partial charge in [-0.25, -0.2) is 0 Å². The Morgan fingerprint density at radius 1 is 1.22 bits per heavy atom. The van der Waals surface area contributed by atoms with E-state index in [0.29, 0.717) is 18.7 Å². The first-order chi connectivity index (χ1) is 8.65. The Hall–Kier alpha value is -1.55. The van der Waals surface area contributed by atoms with Crippen LogP contribution in [0.1, 0.15) is 19.4 Å². The average molecular weight is 250 g/mol. The Morgan fingerprint density at radius 3 is 2.39 bits per heavy atom. The highest BCUT2D eigenvalue weighted by Crippen LogP contribution is 2.06. The zero-order valence-electron chi connectivity index (χ0n) is 11.2. The van der Waals surface area contributed by atoms with Crippen molar-refractivity contribution in [1.29, 1.82) is 0 Å². The van der Waals surface area contributed by atoms with Gasteiger partial charge in [0.05, 0.1) is 6.42 Å². The zero-order valence-corrected chi connectivity index (χ0v) is 11.2. The largest absolute Gasteiger partial charge is 0.464 e. The first-order valence-electron chi connectivity index (χ1n) is 6.38. The number of nitrogen functional groups attached to an aromatic ring is 1. The topological polar surface area (TPSA) is 55.6 Å². The SMILES string of the molecule is CCN(CC)CCOC(=O)Cc1ccc(N)cc1. The van der Waals surface area contributed by atoms with Crippen molar-refractivity contribution in [2.24, 2.45) is 0 Å². The van der Waals surface area contributed by atoms with E-state index in [1.165, 1.54) is 0 Å². The fourth-order valence-electron chi connectivity index (χ4n) is 1.68. The second kappa shape index (κ2) is 7.71. The number of benzene rings is 1. The van der Waals surface area contributed by atoms with E-state index in [9.17, 15) is 4.79 Å². The highest BCUT2D eigenvalue weighted by atomic mass is 16.5. The van der Waals surface area contributed by atoms with E-state index < -0.39 is 0 Å². The van der Waals surface area contributed by atoms with Crippen LogP contribution in [0.5, 0.6) is 0 Å². The van der Waals surface area contributed by atoms with E-state index in [0.717, 1.165) is 25.2 Å². The number of nitrogens with two attached hydrogens (primary N) is 1. The van der Waals surface area contributed by atoms with Crippen LogP contribution in [0.3, 0.4) is 0 Å². The Labute approximate surface area is 109 Å². The van der Waals surface area contributed by atoms with Crippen molar-refractivity contribution in [3.05, 3.63) is 29.8 Å². The third kappa shape index (κ3) is 5.19. The number of nitrogens with zero attached hydrogens (tertiary/aromatic N) is 1. The van der Waals surface area contributed by atoms with Gasteiger partial charge in [0, 0.05) is 12.2 Å². The molecule has 0 unspecified atom stereocenters. The molecule has 1 aromatic rings. The van der Waals surface area contributed by atoms with Gasteiger partial charge in [-0.2, -0.15) is 0 Å². The van der Waals surface area contributed by atoms with Crippen LogP contribution in [0.15, 0.2) is 24.3 Å². The van der Waals surface area contributed by atoms with Gasteiger partial charge >= 0.3 is 5.97 Å². The van der Waals surface area contributed by atoms with Crippen LogP contribution in [0.4, 0.5) is 5.69 Å². The molecule has 4 heteroatoms. The lowest BCUT2D eigenvalue weighted by atomic mass is 10.1. The second-order valence-electron chi connectivity index (χ2n) is 4.17. The number of hydrogen-bond acceptors (Lipinski definition) is 4. The minimum absolute atomic E-state index is 0.188. The molecule has 0 saturated carbocycles. The minimum Gasteiger partial charge on any atom is -0.464 e. The van der Waals surface area contributed by atoms with E-state index >= 15 is 0 Å².